The van der Waals surface area contributed by atoms with Crippen molar-refractivity contribution in [1.82, 2.24) is 9.55 Å². The fourth-order valence-electron chi connectivity index (χ4n) is 2.76. The van der Waals surface area contributed by atoms with E-state index in [4.69, 9.17) is 0 Å². The predicted molar refractivity (Wildman–Crippen MR) is 85.0 cm³/mol. The summed E-state index contributed by atoms with van der Waals surface area (Å²) < 4.78 is 1.81. The van der Waals surface area contributed by atoms with Gasteiger partial charge >= 0.3 is 0 Å². The van der Waals surface area contributed by atoms with Crippen molar-refractivity contribution in [3.8, 4) is 6.07 Å². The van der Waals surface area contributed by atoms with Crippen molar-refractivity contribution in [2.75, 3.05) is 0 Å². The molecule has 0 amide bonds. The monoisotopic (exact) mass is 295 g/mol. The SMILES string of the molecule is CCC(C#N)(CC)C(=O)C(Cc1ccccc1)n1ccnc1. The molecular weight excluding hydrogens is 274 g/mol. The molecule has 114 valence electrons. The Hall–Kier alpha value is -2.41. The second-order valence-corrected chi connectivity index (χ2v) is 5.48. The van der Waals surface area contributed by atoms with E-state index >= 15 is 0 Å². The Morgan fingerprint density at radius 3 is 2.50 bits per heavy atom. The third-order valence-corrected chi connectivity index (χ3v) is 4.35. The van der Waals surface area contributed by atoms with Crippen LogP contribution >= 0.6 is 0 Å². The Bertz CT molecular complexity index is 637. The van der Waals surface area contributed by atoms with Gasteiger partial charge in [-0.15, -0.1) is 0 Å². The Morgan fingerprint density at radius 1 is 1.32 bits per heavy atom. The minimum atomic E-state index is -0.927. The zero-order valence-electron chi connectivity index (χ0n) is 13.1. The fourth-order valence-corrected chi connectivity index (χ4v) is 2.76. The molecule has 1 atom stereocenters. The molecule has 1 heterocycles. The van der Waals surface area contributed by atoms with E-state index in [2.05, 4.69) is 11.1 Å². The molecule has 0 aliphatic rings. The summed E-state index contributed by atoms with van der Waals surface area (Å²) in [5, 5.41) is 9.56. The number of ketones is 1. The molecule has 1 aromatic carbocycles. The lowest BCUT2D eigenvalue weighted by molar-refractivity contribution is -0.129. The third-order valence-electron chi connectivity index (χ3n) is 4.35. The van der Waals surface area contributed by atoms with Crippen molar-refractivity contribution in [2.45, 2.75) is 39.2 Å². The maximum Gasteiger partial charge on any atom is 0.176 e. The van der Waals surface area contributed by atoms with E-state index in [1.54, 1.807) is 18.7 Å². The Kier molecular flexibility index (Phi) is 5.11. The molecule has 0 N–H and O–H groups in total. The molecule has 0 saturated heterocycles. The van der Waals surface area contributed by atoms with E-state index in [-0.39, 0.29) is 5.78 Å². The van der Waals surface area contributed by atoms with Gasteiger partial charge in [-0.05, 0) is 18.4 Å². The first-order valence-electron chi connectivity index (χ1n) is 7.63. The third kappa shape index (κ3) is 3.09. The molecule has 4 heteroatoms. The van der Waals surface area contributed by atoms with Gasteiger partial charge in [0.2, 0.25) is 0 Å². The number of nitrogens with zero attached hydrogens (tertiary/aromatic N) is 3. The highest BCUT2D eigenvalue weighted by Crippen LogP contribution is 2.33. The number of aromatic nitrogens is 2. The van der Waals surface area contributed by atoms with Crippen LogP contribution in [-0.4, -0.2) is 15.3 Å². The topological polar surface area (TPSA) is 58.7 Å². The lowest BCUT2D eigenvalue weighted by Gasteiger charge is -2.28. The van der Waals surface area contributed by atoms with E-state index < -0.39 is 11.5 Å². The molecular formula is C18H21N3O. The van der Waals surface area contributed by atoms with Crippen LogP contribution in [0, 0.1) is 16.7 Å². The average Bonchev–Trinajstić information content (AvgIpc) is 3.10. The van der Waals surface area contributed by atoms with Gasteiger partial charge in [0.25, 0.3) is 0 Å². The molecule has 0 bridgehead atoms. The molecule has 0 saturated carbocycles. The lowest BCUT2D eigenvalue weighted by atomic mass is 9.76. The first-order valence-corrected chi connectivity index (χ1v) is 7.63. The summed E-state index contributed by atoms with van der Waals surface area (Å²) in [4.78, 5) is 17.1. The summed E-state index contributed by atoms with van der Waals surface area (Å²) in [6.07, 6.45) is 6.73. The normalized spacial score (nSPS) is 12.6. The zero-order chi connectivity index (χ0) is 16.0. The highest BCUT2D eigenvalue weighted by atomic mass is 16.1. The summed E-state index contributed by atoms with van der Waals surface area (Å²) in [7, 11) is 0. The average molecular weight is 295 g/mol. The Labute approximate surface area is 131 Å². The second-order valence-electron chi connectivity index (χ2n) is 5.48. The highest BCUT2D eigenvalue weighted by molar-refractivity contribution is 5.91. The minimum absolute atomic E-state index is 0.0261. The van der Waals surface area contributed by atoms with E-state index in [1.807, 2.05) is 48.7 Å². The summed E-state index contributed by atoms with van der Waals surface area (Å²) in [6, 6.07) is 11.7. The van der Waals surface area contributed by atoms with Gasteiger partial charge in [0.15, 0.2) is 5.78 Å². The molecule has 0 spiro atoms. The number of Topliss-reactive ketones (excluding diaryl/α,β-unsaturated/α-hetero) is 1. The number of carbonyl (C=O) groups excluding carboxylic acids is 1. The number of hydrogen-bond donors (Lipinski definition) is 0. The molecule has 2 rings (SSSR count). The van der Waals surface area contributed by atoms with Gasteiger partial charge in [0.1, 0.15) is 5.41 Å². The van der Waals surface area contributed by atoms with Crippen LogP contribution in [0.4, 0.5) is 0 Å². The van der Waals surface area contributed by atoms with E-state index in [0.29, 0.717) is 19.3 Å². The molecule has 2 aromatic rings. The van der Waals surface area contributed by atoms with Gasteiger partial charge in [0.05, 0.1) is 18.4 Å². The molecule has 1 aromatic heterocycles. The number of benzene rings is 1. The number of nitriles is 1. The molecule has 4 nitrogen and oxygen atoms in total. The van der Waals surface area contributed by atoms with Gasteiger partial charge in [-0.2, -0.15) is 5.26 Å². The summed E-state index contributed by atoms with van der Waals surface area (Å²) in [5.41, 5.74) is 0.151. The van der Waals surface area contributed by atoms with E-state index in [9.17, 15) is 10.1 Å². The number of hydrogen-bond acceptors (Lipinski definition) is 3. The smallest absolute Gasteiger partial charge is 0.176 e. The van der Waals surface area contributed by atoms with Crippen LogP contribution in [0.5, 0.6) is 0 Å². The first kappa shape index (κ1) is 16.0. The van der Waals surface area contributed by atoms with Crippen molar-refractivity contribution in [1.29, 1.82) is 5.26 Å². The van der Waals surface area contributed by atoms with Gasteiger partial charge in [-0.1, -0.05) is 44.2 Å². The maximum atomic E-state index is 13.1. The summed E-state index contributed by atoms with van der Waals surface area (Å²) in [6.45, 7) is 3.80. The maximum absolute atomic E-state index is 13.1. The molecule has 0 radical (unpaired) electrons. The van der Waals surface area contributed by atoms with Crippen molar-refractivity contribution in [3.63, 3.8) is 0 Å². The fraction of sp³-hybridized carbons (Fsp3) is 0.389. The van der Waals surface area contributed by atoms with Crippen LogP contribution in [0.1, 0.15) is 38.3 Å². The first-order chi connectivity index (χ1) is 10.7. The largest absolute Gasteiger partial charge is 0.327 e. The summed E-state index contributed by atoms with van der Waals surface area (Å²) >= 11 is 0. The highest BCUT2D eigenvalue weighted by Gasteiger charge is 2.40. The van der Waals surface area contributed by atoms with Gasteiger partial charge in [-0.25, -0.2) is 4.98 Å². The van der Waals surface area contributed by atoms with Crippen molar-refractivity contribution in [2.24, 2.45) is 5.41 Å². The van der Waals surface area contributed by atoms with Crippen LogP contribution in [0.15, 0.2) is 49.1 Å². The lowest BCUT2D eigenvalue weighted by Crippen LogP contribution is -2.36. The quantitative estimate of drug-likeness (QED) is 0.784. The van der Waals surface area contributed by atoms with Crippen molar-refractivity contribution < 1.29 is 4.79 Å². The van der Waals surface area contributed by atoms with Crippen LogP contribution in [0.2, 0.25) is 0 Å². The number of rotatable bonds is 7. The van der Waals surface area contributed by atoms with Gasteiger partial charge < -0.3 is 4.57 Å². The van der Waals surface area contributed by atoms with E-state index in [0.717, 1.165) is 5.56 Å². The van der Waals surface area contributed by atoms with Crippen LogP contribution in [0.25, 0.3) is 0 Å². The number of carbonyl (C=O) groups is 1. The predicted octanol–water partition coefficient (Wildman–Crippen LogP) is 3.57. The van der Waals surface area contributed by atoms with Crippen LogP contribution < -0.4 is 0 Å². The summed E-state index contributed by atoms with van der Waals surface area (Å²) in [5.74, 6) is -0.0261. The van der Waals surface area contributed by atoms with Gasteiger partial charge in [0, 0.05) is 18.8 Å². The molecule has 0 aliphatic carbocycles. The van der Waals surface area contributed by atoms with Crippen LogP contribution in [-0.2, 0) is 11.2 Å². The van der Waals surface area contributed by atoms with Crippen molar-refractivity contribution in [3.05, 3.63) is 54.6 Å². The standard InChI is InChI=1S/C18H21N3O/c1-3-18(4-2,13-19)17(22)16(21-11-10-20-14-21)12-15-8-6-5-7-9-15/h5-11,14,16H,3-4,12H2,1-2H3. The Balaban J connectivity index is 2.37. The molecule has 22 heavy (non-hydrogen) atoms. The number of imidazole rings is 1. The second kappa shape index (κ2) is 7.04. The van der Waals surface area contributed by atoms with Gasteiger partial charge in [-0.3, -0.25) is 4.79 Å². The molecule has 0 fully saturated rings. The Morgan fingerprint density at radius 2 is 2.00 bits per heavy atom. The molecule has 1 unspecified atom stereocenters. The van der Waals surface area contributed by atoms with Crippen LogP contribution in [0.3, 0.4) is 0 Å². The zero-order valence-corrected chi connectivity index (χ0v) is 13.1. The van der Waals surface area contributed by atoms with E-state index in [1.165, 1.54) is 0 Å². The van der Waals surface area contributed by atoms with Crippen molar-refractivity contribution >= 4 is 5.78 Å². The minimum Gasteiger partial charge on any atom is -0.327 e. The molecule has 0 aliphatic heterocycles.